The van der Waals surface area contributed by atoms with Gasteiger partial charge in [0.1, 0.15) is 5.75 Å². The molecule has 0 radical (unpaired) electrons. The number of aromatic carboxylic acids is 1. The number of carboxylic acid groups (broad SMARTS) is 1. The van der Waals surface area contributed by atoms with E-state index in [1.54, 1.807) is 6.07 Å². The van der Waals surface area contributed by atoms with Crippen LogP contribution in [0.15, 0.2) is 24.3 Å². The normalized spacial score (nSPS) is 9.50. The molecule has 1 aromatic rings. The van der Waals surface area contributed by atoms with Gasteiger partial charge in [-0.3, -0.25) is 4.79 Å². The lowest BCUT2D eigenvalue weighted by Gasteiger charge is -2.03. The fourth-order valence-corrected chi connectivity index (χ4v) is 0.914. The molecule has 1 rings (SSSR count). The second-order valence-corrected chi connectivity index (χ2v) is 2.90. The molecule has 5 heteroatoms. The molecule has 0 aliphatic carbocycles. The van der Waals surface area contributed by atoms with Crippen molar-refractivity contribution in [3.05, 3.63) is 29.8 Å². The highest BCUT2D eigenvalue weighted by Crippen LogP contribution is 2.13. The van der Waals surface area contributed by atoms with Crippen LogP contribution in [-0.4, -0.2) is 22.9 Å². The van der Waals surface area contributed by atoms with Crippen LogP contribution in [-0.2, 0) is 4.79 Å². The van der Waals surface area contributed by atoms with Crippen molar-refractivity contribution in [3.63, 3.8) is 0 Å². The van der Waals surface area contributed by atoms with E-state index in [0.29, 0.717) is 5.75 Å². The van der Waals surface area contributed by atoms with Crippen LogP contribution in [0.25, 0.3) is 0 Å². The van der Waals surface area contributed by atoms with E-state index in [1.165, 1.54) is 18.2 Å². The van der Waals surface area contributed by atoms with E-state index >= 15 is 0 Å². The fourth-order valence-electron chi connectivity index (χ4n) is 0.859. The summed E-state index contributed by atoms with van der Waals surface area (Å²) in [6.45, 7) is -0.273. The van der Waals surface area contributed by atoms with Crippen LogP contribution in [0.4, 0.5) is 0 Å². The molecule has 0 aromatic heterocycles. The highest BCUT2D eigenvalue weighted by Gasteiger charge is 2.04. The third-order valence-electron chi connectivity index (χ3n) is 1.43. The van der Waals surface area contributed by atoms with Crippen LogP contribution in [0.3, 0.4) is 0 Å². The highest BCUT2D eigenvalue weighted by molar-refractivity contribution is 6.63. The number of carbonyl (C=O) groups excluding carboxylic acids is 1. The molecule has 0 atom stereocenters. The van der Waals surface area contributed by atoms with Crippen molar-refractivity contribution in [1.82, 2.24) is 0 Å². The number of halogens is 1. The molecule has 0 saturated carbocycles. The Morgan fingerprint density at radius 2 is 2.14 bits per heavy atom. The number of rotatable bonds is 4. The molecule has 0 saturated heterocycles. The predicted octanol–water partition coefficient (Wildman–Crippen LogP) is 1.53. The molecule has 14 heavy (non-hydrogen) atoms. The topological polar surface area (TPSA) is 63.6 Å². The summed E-state index contributed by atoms with van der Waals surface area (Å²) in [7, 11) is 0. The Morgan fingerprint density at radius 1 is 1.43 bits per heavy atom. The van der Waals surface area contributed by atoms with Crippen molar-refractivity contribution in [1.29, 1.82) is 0 Å². The lowest BCUT2D eigenvalue weighted by atomic mass is 10.2. The molecular weight excluding hydrogens is 208 g/mol. The Bertz CT molecular complexity index is 362. The smallest absolute Gasteiger partial charge is 0.335 e. The van der Waals surface area contributed by atoms with Gasteiger partial charge in [0.15, 0.2) is 6.61 Å². The minimum Gasteiger partial charge on any atom is -0.484 e. The Kier molecular flexibility index (Phi) is 3.48. The molecule has 0 heterocycles. The van der Waals surface area contributed by atoms with Gasteiger partial charge in [0.05, 0.1) is 5.56 Å². The van der Waals surface area contributed by atoms with Gasteiger partial charge < -0.3 is 9.84 Å². The summed E-state index contributed by atoms with van der Waals surface area (Å²) < 4.78 is 4.91. The van der Waals surface area contributed by atoms with Gasteiger partial charge in [-0.15, -0.1) is 0 Å². The van der Waals surface area contributed by atoms with Crippen LogP contribution >= 0.6 is 11.6 Å². The SMILES string of the molecule is O=C(Cl)COc1cccc(C(=O)O)c1. The largest absolute Gasteiger partial charge is 0.484 e. The minimum absolute atomic E-state index is 0.101. The summed E-state index contributed by atoms with van der Waals surface area (Å²) in [5.41, 5.74) is 0.101. The number of hydrogen-bond donors (Lipinski definition) is 1. The van der Waals surface area contributed by atoms with Gasteiger partial charge in [0, 0.05) is 0 Å². The molecule has 1 N–H and O–H groups in total. The van der Waals surface area contributed by atoms with E-state index in [9.17, 15) is 9.59 Å². The molecule has 0 spiro atoms. The number of ether oxygens (including phenoxy) is 1. The molecular formula is C9H7ClO4. The van der Waals surface area contributed by atoms with Gasteiger partial charge in [0.25, 0.3) is 5.24 Å². The molecule has 1 aromatic carbocycles. The second-order valence-electron chi connectivity index (χ2n) is 2.48. The third kappa shape index (κ3) is 3.06. The average Bonchev–Trinajstić information content (AvgIpc) is 2.15. The van der Waals surface area contributed by atoms with E-state index in [-0.39, 0.29) is 12.2 Å². The summed E-state index contributed by atoms with van der Waals surface area (Å²) in [6, 6.07) is 5.82. The fraction of sp³-hybridized carbons (Fsp3) is 0.111. The summed E-state index contributed by atoms with van der Waals surface area (Å²) in [5, 5.41) is 8.00. The Morgan fingerprint density at radius 3 is 2.71 bits per heavy atom. The van der Waals surface area contributed by atoms with Gasteiger partial charge in [-0.25, -0.2) is 4.79 Å². The van der Waals surface area contributed by atoms with E-state index in [2.05, 4.69) is 0 Å². The molecule has 0 unspecified atom stereocenters. The molecule has 74 valence electrons. The highest BCUT2D eigenvalue weighted by atomic mass is 35.5. The third-order valence-corrected chi connectivity index (χ3v) is 1.54. The molecule has 0 aliphatic heterocycles. The first-order valence-corrected chi connectivity index (χ1v) is 4.12. The maximum absolute atomic E-state index is 10.5. The summed E-state index contributed by atoms with van der Waals surface area (Å²) in [6.07, 6.45) is 0. The van der Waals surface area contributed by atoms with Crippen molar-refractivity contribution < 1.29 is 19.4 Å². The van der Waals surface area contributed by atoms with E-state index in [1.807, 2.05) is 0 Å². The first kappa shape index (κ1) is 10.5. The quantitative estimate of drug-likeness (QED) is 0.772. The number of carbonyl (C=O) groups is 2. The van der Waals surface area contributed by atoms with Crippen molar-refractivity contribution in [3.8, 4) is 5.75 Å². The second kappa shape index (κ2) is 4.62. The van der Waals surface area contributed by atoms with Crippen LogP contribution < -0.4 is 4.74 Å². The van der Waals surface area contributed by atoms with Gasteiger partial charge in [-0.05, 0) is 29.8 Å². The molecule has 0 bridgehead atoms. The van der Waals surface area contributed by atoms with E-state index in [0.717, 1.165) is 0 Å². The zero-order valence-electron chi connectivity index (χ0n) is 7.07. The van der Waals surface area contributed by atoms with Crippen LogP contribution in [0.1, 0.15) is 10.4 Å². The van der Waals surface area contributed by atoms with Crippen molar-refractivity contribution in [2.75, 3.05) is 6.61 Å². The Balaban J connectivity index is 2.73. The first-order chi connectivity index (χ1) is 6.59. The monoisotopic (exact) mass is 214 g/mol. The predicted molar refractivity (Wildman–Crippen MR) is 49.8 cm³/mol. The van der Waals surface area contributed by atoms with E-state index < -0.39 is 11.2 Å². The van der Waals surface area contributed by atoms with Crippen LogP contribution in [0.2, 0.25) is 0 Å². The maximum atomic E-state index is 10.5. The van der Waals surface area contributed by atoms with Crippen LogP contribution in [0, 0.1) is 0 Å². The summed E-state index contributed by atoms with van der Waals surface area (Å²) in [5.74, 6) is -0.744. The summed E-state index contributed by atoms with van der Waals surface area (Å²) >= 11 is 5.05. The standard InChI is InChI=1S/C9H7ClO4/c10-8(11)5-14-7-3-1-2-6(4-7)9(12)13/h1-4H,5H2,(H,12,13). The molecule has 4 nitrogen and oxygen atoms in total. The maximum Gasteiger partial charge on any atom is 0.335 e. The lowest BCUT2D eigenvalue weighted by molar-refractivity contribution is -0.113. The number of benzene rings is 1. The van der Waals surface area contributed by atoms with Gasteiger partial charge in [-0.1, -0.05) is 6.07 Å². The van der Waals surface area contributed by atoms with Crippen molar-refractivity contribution in [2.45, 2.75) is 0 Å². The lowest BCUT2D eigenvalue weighted by Crippen LogP contribution is -2.05. The zero-order valence-corrected chi connectivity index (χ0v) is 7.82. The first-order valence-electron chi connectivity index (χ1n) is 3.74. The van der Waals surface area contributed by atoms with Gasteiger partial charge in [0.2, 0.25) is 0 Å². The van der Waals surface area contributed by atoms with Crippen molar-refractivity contribution in [2.24, 2.45) is 0 Å². The van der Waals surface area contributed by atoms with Crippen molar-refractivity contribution >= 4 is 22.8 Å². The van der Waals surface area contributed by atoms with Gasteiger partial charge in [-0.2, -0.15) is 0 Å². The van der Waals surface area contributed by atoms with Crippen LogP contribution in [0.5, 0.6) is 5.75 Å². The molecule has 0 fully saturated rings. The molecule has 0 aliphatic rings. The zero-order chi connectivity index (χ0) is 10.6. The van der Waals surface area contributed by atoms with Gasteiger partial charge >= 0.3 is 5.97 Å². The summed E-state index contributed by atoms with van der Waals surface area (Å²) in [4.78, 5) is 20.9. The minimum atomic E-state index is -1.05. The Labute approximate surface area is 85.1 Å². The number of hydrogen-bond acceptors (Lipinski definition) is 3. The Hall–Kier alpha value is -1.55. The van der Waals surface area contributed by atoms with E-state index in [4.69, 9.17) is 21.4 Å². The number of carboxylic acids is 1. The molecule has 0 amide bonds. The average molecular weight is 215 g/mol.